The molecular weight excluding hydrogens is 256 g/mol. The van der Waals surface area contributed by atoms with Gasteiger partial charge in [0.15, 0.2) is 11.5 Å². The molecule has 0 saturated heterocycles. The largest absolute Gasteiger partial charge is 0.493 e. The molecule has 0 saturated carbocycles. The topological polar surface area (TPSA) is 52.5 Å². The molecule has 0 atom stereocenters. The van der Waals surface area contributed by atoms with Gasteiger partial charge < -0.3 is 19.4 Å². The van der Waals surface area contributed by atoms with Crippen LogP contribution in [0.4, 0.5) is 0 Å². The van der Waals surface area contributed by atoms with Gasteiger partial charge in [0.25, 0.3) is 5.91 Å². The Morgan fingerprint density at radius 3 is 2.55 bits per heavy atom. The summed E-state index contributed by atoms with van der Waals surface area (Å²) in [4.78, 5) is 12.1. The highest BCUT2D eigenvalue weighted by molar-refractivity contribution is 5.99. The molecule has 2 aromatic rings. The zero-order chi connectivity index (χ0) is 14.7. The molecule has 1 heterocycles. The Bertz CT molecular complexity index is 659. The van der Waals surface area contributed by atoms with E-state index in [1.165, 1.54) is 0 Å². The summed E-state index contributed by atoms with van der Waals surface area (Å²) in [7, 11) is 5.02. The molecular formula is C15H18N2O3. The number of fused-ring (bicyclic) bond motifs is 1. The first-order chi connectivity index (χ1) is 9.62. The summed E-state index contributed by atoms with van der Waals surface area (Å²) in [6.07, 6.45) is 1.65. The number of hydrogen-bond donors (Lipinski definition) is 1. The summed E-state index contributed by atoms with van der Waals surface area (Å²) in [5, 5.41) is 3.69. The summed E-state index contributed by atoms with van der Waals surface area (Å²) in [6.45, 7) is 4.02. The van der Waals surface area contributed by atoms with E-state index in [0.717, 1.165) is 10.9 Å². The summed E-state index contributed by atoms with van der Waals surface area (Å²) in [5.41, 5.74) is 1.49. The predicted molar refractivity (Wildman–Crippen MR) is 78.6 cm³/mol. The number of hydrogen-bond acceptors (Lipinski definition) is 3. The van der Waals surface area contributed by atoms with Gasteiger partial charge in [0.2, 0.25) is 0 Å². The van der Waals surface area contributed by atoms with Crippen molar-refractivity contribution in [1.29, 1.82) is 0 Å². The van der Waals surface area contributed by atoms with Crippen LogP contribution in [0.2, 0.25) is 0 Å². The van der Waals surface area contributed by atoms with Gasteiger partial charge in [-0.05, 0) is 12.1 Å². The minimum atomic E-state index is -0.137. The van der Waals surface area contributed by atoms with Crippen molar-refractivity contribution in [2.75, 3.05) is 20.8 Å². The zero-order valence-electron chi connectivity index (χ0n) is 11.9. The van der Waals surface area contributed by atoms with Crippen molar-refractivity contribution < 1.29 is 14.3 Å². The quantitative estimate of drug-likeness (QED) is 0.850. The van der Waals surface area contributed by atoms with Crippen LogP contribution in [0.25, 0.3) is 10.9 Å². The minimum absolute atomic E-state index is 0.137. The van der Waals surface area contributed by atoms with Crippen LogP contribution in [0.15, 0.2) is 30.9 Å². The standard InChI is InChI=1S/C15H18N2O3/c1-5-6-16-15(18)12-7-10-8-13(19-3)14(20-4)9-11(10)17(12)2/h5,7-9H,1,6H2,2-4H3,(H,16,18). The highest BCUT2D eigenvalue weighted by Crippen LogP contribution is 2.33. The number of rotatable bonds is 5. The van der Waals surface area contributed by atoms with Gasteiger partial charge in [0.05, 0.1) is 19.7 Å². The van der Waals surface area contributed by atoms with E-state index in [0.29, 0.717) is 23.7 Å². The van der Waals surface area contributed by atoms with Crippen LogP contribution in [0.1, 0.15) is 10.5 Å². The molecule has 0 fully saturated rings. The van der Waals surface area contributed by atoms with Crippen LogP contribution >= 0.6 is 0 Å². The summed E-state index contributed by atoms with van der Waals surface area (Å²) in [6, 6.07) is 5.55. The van der Waals surface area contributed by atoms with Gasteiger partial charge in [0, 0.05) is 25.0 Å². The Morgan fingerprint density at radius 2 is 1.95 bits per heavy atom. The fraction of sp³-hybridized carbons (Fsp3) is 0.267. The Hall–Kier alpha value is -2.43. The maximum atomic E-state index is 12.1. The van der Waals surface area contributed by atoms with Crippen molar-refractivity contribution in [3.05, 3.63) is 36.5 Å². The van der Waals surface area contributed by atoms with E-state index < -0.39 is 0 Å². The van der Waals surface area contributed by atoms with E-state index in [1.54, 1.807) is 20.3 Å². The Labute approximate surface area is 117 Å². The third-order valence-corrected chi connectivity index (χ3v) is 3.19. The highest BCUT2D eigenvalue weighted by Gasteiger charge is 2.15. The second-order valence-corrected chi connectivity index (χ2v) is 4.35. The molecule has 0 radical (unpaired) electrons. The number of aryl methyl sites for hydroxylation is 1. The summed E-state index contributed by atoms with van der Waals surface area (Å²) >= 11 is 0. The molecule has 2 rings (SSSR count). The first-order valence-electron chi connectivity index (χ1n) is 6.23. The molecule has 0 bridgehead atoms. The first-order valence-corrected chi connectivity index (χ1v) is 6.23. The third-order valence-electron chi connectivity index (χ3n) is 3.19. The van der Waals surface area contributed by atoms with Gasteiger partial charge in [-0.25, -0.2) is 0 Å². The van der Waals surface area contributed by atoms with Crippen molar-refractivity contribution in [2.45, 2.75) is 0 Å². The number of nitrogens with zero attached hydrogens (tertiary/aromatic N) is 1. The second-order valence-electron chi connectivity index (χ2n) is 4.35. The lowest BCUT2D eigenvalue weighted by atomic mass is 10.2. The number of nitrogens with one attached hydrogen (secondary N) is 1. The lowest BCUT2D eigenvalue weighted by molar-refractivity contribution is 0.0950. The molecule has 0 spiro atoms. The van der Waals surface area contributed by atoms with E-state index >= 15 is 0 Å². The SMILES string of the molecule is C=CCNC(=O)c1cc2cc(OC)c(OC)cc2n1C. The first kappa shape index (κ1) is 14.0. The molecule has 0 aliphatic carbocycles. The van der Waals surface area contributed by atoms with Crippen molar-refractivity contribution in [1.82, 2.24) is 9.88 Å². The van der Waals surface area contributed by atoms with Gasteiger partial charge in [-0.2, -0.15) is 0 Å². The maximum Gasteiger partial charge on any atom is 0.268 e. The molecule has 1 amide bonds. The third kappa shape index (κ3) is 2.34. The normalized spacial score (nSPS) is 10.3. The Morgan fingerprint density at radius 1 is 1.30 bits per heavy atom. The molecule has 0 aliphatic heterocycles. The van der Waals surface area contributed by atoms with E-state index in [4.69, 9.17) is 9.47 Å². The molecule has 0 aliphatic rings. The Kier molecular flexibility index (Phi) is 3.98. The predicted octanol–water partition coefficient (Wildman–Crippen LogP) is 2.11. The fourth-order valence-corrected chi connectivity index (χ4v) is 2.14. The number of carbonyl (C=O) groups is 1. The Balaban J connectivity index is 2.51. The zero-order valence-corrected chi connectivity index (χ0v) is 11.9. The van der Waals surface area contributed by atoms with Crippen molar-refractivity contribution in [3.63, 3.8) is 0 Å². The van der Waals surface area contributed by atoms with Crippen LogP contribution in [-0.4, -0.2) is 31.2 Å². The minimum Gasteiger partial charge on any atom is -0.493 e. The van der Waals surface area contributed by atoms with E-state index in [9.17, 15) is 4.79 Å². The summed E-state index contributed by atoms with van der Waals surface area (Å²) < 4.78 is 12.4. The number of methoxy groups -OCH3 is 2. The van der Waals surface area contributed by atoms with E-state index in [1.807, 2.05) is 29.8 Å². The van der Waals surface area contributed by atoms with Crippen molar-refractivity contribution >= 4 is 16.8 Å². The lowest BCUT2D eigenvalue weighted by Gasteiger charge is -2.08. The van der Waals surface area contributed by atoms with Crippen LogP contribution in [0.5, 0.6) is 11.5 Å². The molecule has 5 nitrogen and oxygen atoms in total. The van der Waals surface area contributed by atoms with Gasteiger partial charge in [-0.3, -0.25) is 4.79 Å². The number of benzene rings is 1. The number of carbonyl (C=O) groups excluding carboxylic acids is 1. The maximum absolute atomic E-state index is 12.1. The van der Waals surface area contributed by atoms with Gasteiger partial charge in [-0.15, -0.1) is 6.58 Å². The van der Waals surface area contributed by atoms with Crippen molar-refractivity contribution in [2.24, 2.45) is 7.05 Å². The van der Waals surface area contributed by atoms with Gasteiger partial charge in [-0.1, -0.05) is 6.08 Å². The van der Waals surface area contributed by atoms with Crippen LogP contribution < -0.4 is 14.8 Å². The fourth-order valence-electron chi connectivity index (χ4n) is 2.14. The molecule has 0 unspecified atom stereocenters. The summed E-state index contributed by atoms with van der Waals surface area (Å²) in [5.74, 6) is 1.14. The van der Waals surface area contributed by atoms with E-state index in [2.05, 4.69) is 11.9 Å². The molecule has 5 heteroatoms. The molecule has 1 aromatic heterocycles. The monoisotopic (exact) mass is 274 g/mol. The number of aromatic nitrogens is 1. The highest BCUT2D eigenvalue weighted by atomic mass is 16.5. The second kappa shape index (κ2) is 5.69. The average molecular weight is 274 g/mol. The van der Waals surface area contributed by atoms with Crippen LogP contribution in [0.3, 0.4) is 0 Å². The smallest absolute Gasteiger partial charge is 0.268 e. The molecule has 106 valence electrons. The van der Waals surface area contributed by atoms with Gasteiger partial charge >= 0.3 is 0 Å². The lowest BCUT2D eigenvalue weighted by Crippen LogP contribution is -2.25. The van der Waals surface area contributed by atoms with Crippen LogP contribution in [0, 0.1) is 0 Å². The molecule has 1 aromatic carbocycles. The van der Waals surface area contributed by atoms with Gasteiger partial charge in [0.1, 0.15) is 5.69 Å². The average Bonchev–Trinajstić information content (AvgIpc) is 2.79. The number of ether oxygens (including phenoxy) is 2. The molecule has 20 heavy (non-hydrogen) atoms. The molecule has 1 N–H and O–H groups in total. The van der Waals surface area contributed by atoms with Crippen molar-refractivity contribution in [3.8, 4) is 11.5 Å². The number of amides is 1. The van der Waals surface area contributed by atoms with E-state index in [-0.39, 0.29) is 5.91 Å². The van der Waals surface area contributed by atoms with Crippen LogP contribution in [-0.2, 0) is 7.05 Å².